The molecule has 0 unspecified atom stereocenters. The number of carbonyl (C=O) groups excluding carboxylic acids is 2. The first-order valence-corrected chi connectivity index (χ1v) is 10.7. The zero-order valence-corrected chi connectivity index (χ0v) is 18.7. The third-order valence-corrected chi connectivity index (χ3v) is 4.67. The lowest BCUT2D eigenvalue weighted by molar-refractivity contribution is -0.117. The van der Waals surface area contributed by atoms with Crippen molar-refractivity contribution in [1.29, 1.82) is 0 Å². The number of hydrogen-bond donors (Lipinski definition) is 2. The van der Waals surface area contributed by atoms with Crippen LogP contribution in [0.15, 0.2) is 84.6 Å². The minimum Gasteiger partial charge on any atom is -0.457 e. The first-order chi connectivity index (χ1) is 15.4. The molecule has 0 aromatic heterocycles. The number of rotatable bonds is 8. The van der Waals surface area contributed by atoms with Gasteiger partial charge in [0, 0.05) is 17.1 Å². The van der Waals surface area contributed by atoms with Crippen molar-refractivity contribution in [2.45, 2.75) is 13.8 Å². The number of hydrogen-bond acceptors (Lipinski definition) is 3. The third kappa shape index (κ3) is 7.00. The Morgan fingerprint density at radius 2 is 1.62 bits per heavy atom. The van der Waals surface area contributed by atoms with E-state index in [2.05, 4.69) is 10.6 Å². The summed E-state index contributed by atoms with van der Waals surface area (Å²) in [5.74, 6) is 0.838. The van der Waals surface area contributed by atoms with Gasteiger partial charge in [-0.15, -0.1) is 0 Å². The number of benzene rings is 3. The summed E-state index contributed by atoms with van der Waals surface area (Å²) in [6, 6.07) is 23.2. The van der Waals surface area contributed by atoms with Gasteiger partial charge in [0.2, 0.25) is 0 Å². The summed E-state index contributed by atoms with van der Waals surface area (Å²) < 4.78 is 5.87. The molecule has 3 rings (SSSR count). The van der Waals surface area contributed by atoms with E-state index in [9.17, 15) is 9.59 Å². The summed E-state index contributed by atoms with van der Waals surface area (Å²) in [5, 5.41) is 6.10. The summed E-state index contributed by atoms with van der Waals surface area (Å²) >= 11 is 5.90. The van der Waals surface area contributed by atoms with Crippen LogP contribution >= 0.6 is 11.6 Å². The number of para-hydroxylation sites is 1. The van der Waals surface area contributed by atoms with Crippen molar-refractivity contribution >= 4 is 29.5 Å². The lowest BCUT2D eigenvalue weighted by Crippen LogP contribution is -2.36. The highest BCUT2D eigenvalue weighted by Crippen LogP contribution is 2.23. The van der Waals surface area contributed by atoms with Crippen LogP contribution in [0.1, 0.15) is 29.8 Å². The lowest BCUT2D eigenvalue weighted by Gasteiger charge is -2.13. The van der Waals surface area contributed by atoms with E-state index in [-0.39, 0.29) is 17.5 Å². The SMILES string of the molecule is CC(C)CNC(=O)C(=Cc1cccc(Oc2ccccc2)c1)NC(=O)c1ccc(Cl)cc1. The van der Waals surface area contributed by atoms with Crippen molar-refractivity contribution in [3.05, 3.63) is 101 Å². The second kappa shape index (κ2) is 11.2. The number of nitrogens with one attached hydrogen (secondary N) is 2. The fraction of sp³-hybridized carbons (Fsp3) is 0.154. The van der Waals surface area contributed by atoms with Crippen molar-refractivity contribution in [3.8, 4) is 11.5 Å². The van der Waals surface area contributed by atoms with Gasteiger partial charge in [-0.25, -0.2) is 0 Å². The molecule has 0 spiro atoms. The van der Waals surface area contributed by atoms with Crippen LogP contribution in [-0.4, -0.2) is 18.4 Å². The second-order valence-corrected chi connectivity index (χ2v) is 8.05. The van der Waals surface area contributed by atoms with Gasteiger partial charge in [0.15, 0.2) is 0 Å². The molecule has 164 valence electrons. The maximum Gasteiger partial charge on any atom is 0.267 e. The number of amides is 2. The molecular formula is C26H25ClN2O3. The molecule has 0 heterocycles. The number of carbonyl (C=O) groups is 2. The maximum atomic E-state index is 12.8. The smallest absolute Gasteiger partial charge is 0.267 e. The van der Waals surface area contributed by atoms with E-state index in [1.807, 2.05) is 62.4 Å². The molecule has 0 atom stereocenters. The van der Waals surface area contributed by atoms with Gasteiger partial charge in [0.05, 0.1) is 0 Å². The van der Waals surface area contributed by atoms with Crippen LogP contribution in [0, 0.1) is 5.92 Å². The predicted molar refractivity (Wildman–Crippen MR) is 128 cm³/mol. The standard InChI is InChI=1S/C26H25ClN2O3/c1-18(2)17-28-26(31)24(29-25(30)20-11-13-21(27)14-12-20)16-19-7-6-10-23(15-19)32-22-8-4-3-5-9-22/h3-16,18H,17H2,1-2H3,(H,28,31)(H,29,30). The zero-order chi connectivity index (χ0) is 22.9. The average Bonchev–Trinajstić information content (AvgIpc) is 2.78. The Balaban J connectivity index is 1.84. The predicted octanol–water partition coefficient (Wildman–Crippen LogP) is 5.68. The highest BCUT2D eigenvalue weighted by Gasteiger charge is 2.15. The van der Waals surface area contributed by atoms with E-state index in [1.165, 1.54) is 0 Å². The average molecular weight is 449 g/mol. The first-order valence-electron chi connectivity index (χ1n) is 10.3. The van der Waals surface area contributed by atoms with Gasteiger partial charge in [-0.3, -0.25) is 9.59 Å². The third-order valence-electron chi connectivity index (χ3n) is 4.42. The van der Waals surface area contributed by atoms with Crippen molar-refractivity contribution < 1.29 is 14.3 Å². The Hall–Kier alpha value is -3.57. The van der Waals surface area contributed by atoms with E-state index in [1.54, 1.807) is 36.4 Å². The Labute approximate surface area is 193 Å². The van der Waals surface area contributed by atoms with Crippen molar-refractivity contribution in [1.82, 2.24) is 10.6 Å². The molecule has 6 heteroatoms. The second-order valence-electron chi connectivity index (χ2n) is 7.61. The van der Waals surface area contributed by atoms with E-state index >= 15 is 0 Å². The van der Waals surface area contributed by atoms with Gasteiger partial charge in [0.25, 0.3) is 11.8 Å². The van der Waals surface area contributed by atoms with Crippen LogP contribution < -0.4 is 15.4 Å². The largest absolute Gasteiger partial charge is 0.457 e. The Morgan fingerprint density at radius 3 is 2.31 bits per heavy atom. The molecule has 0 aliphatic carbocycles. The molecule has 2 N–H and O–H groups in total. The Bertz CT molecular complexity index is 1090. The van der Waals surface area contributed by atoms with Gasteiger partial charge in [0.1, 0.15) is 17.2 Å². The normalized spacial score (nSPS) is 11.2. The molecule has 0 aliphatic rings. The number of ether oxygens (including phenoxy) is 1. The van der Waals surface area contributed by atoms with Crippen LogP contribution in [0.3, 0.4) is 0 Å². The summed E-state index contributed by atoms with van der Waals surface area (Å²) in [5.41, 5.74) is 1.25. The van der Waals surface area contributed by atoms with E-state index in [0.29, 0.717) is 34.2 Å². The minimum absolute atomic E-state index is 0.141. The summed E-state index contributed by atoms with van der Waals surface area (Å²) in [7, 11) is 0. The Morgan fingerprint density at radius 1 is 0.938 bits per heavy atom. The molecule has 0 saturated heterocycles. The lowest BCUT2D eigenvalue weighted by atomic mass is 10.1. The molecular weight excluding hydrogens is 424 g/mol. The molecule has 0 bridgehead atoms. The summed E-state index contributed by atoms with van der Waals surface area (Å²) in [6.07, 6.45) is 1.63. The monoisotopic (exact) mass is 448 g/mol. The maximum absolute atomic E-state index is 12.8. The quantitative estimate of drug-likeness (QED) is 0.436. The van der Waals surface area contributed by atoms with Gasteiger partial charge >= 0.3 is 0 Å². The van der Waals surface area contributed by atoms with E-state index in [0.717, 1.165) is 0 Å². The zero-order valence-electron chi connectivity index (χ0n) is 18.0. The fourth-order valence-electron chi connectivity index (χ4n) is 2.81. The van der Waals surface area contributed by atoms with E-state index in [4.69, 9.17) is 16.3 Å². The molecule has 2 amide bonds. The summed E-state index contributed by atoms with van der Waals surface area (Å²) in [6.45, 7) is 4.49. The molecule has 0 fully saturated rings. The van der Waals surface area contributed by atoms with Crippen molar-refractivity contribution in [2.24, 2.45) is 5.92 Å². The summed E-state index contributed by atoms with van der Waals surface area (Å²) in [4.78, 5) is 25.5. The molecule has 3 aromatic carbocycles. The molecule has 3 aromatic rings. The molecule has 0 radical (unpaired) electrons. The van der Waals surface area contributed by atoms with Crippen molar-refractivity contribution in [2.75, 3.05) is 6.54 Å². The first kappa shape index (κ1) is 23.1. The highest BCUT2D eigenvalue weighted by atomic mass is 35.5. The van der Waals surface area contributed by atoms with Crippen LogP contribution in [0.4, 0.5) is 0 Å². The van der Waals surface area contributed by atoms with Crippen LogP contribution in [0.2, 0.25) is 5.02 Å². The van der Waals surface area contributed by atoms with Crippen LogP contribution in [0.25, 0.3) is 6.08 Å². The van der Waals surface area contributed by atoms with E-state index < -0.39 is 5.91 Å². The number of halogens is 1. The van der Waals surface area contributed by atoms with Crippen LogP contribution in [-0.2, 0) is 4.79 Å². The topological polar surface area (TPSA) is 67.4 Å². The minimum atomic E-state index is -0.399. The van der Waals surface area contributed by atoms with Crippen LogP contribution in [0.5, 0.6) is 11.5 Å². The highest BCUT2D eigenvalue weighted by molar-refractivity contribution is 6.30. The fourth-order valence-corrected chi connectivity index (χ4v) is 2.93. The molecule has 32 heavy (non-hydrogen) atoms. The van der Waals surface area contributed by atoms with Gasteiger partial charge < -0.3 is 15.4 Å². The molecule has 0 aliphatic heterocycles. The Kier molecular flexibility index (Phi) is 8.06. The molecule has 0 saturated carbocycles. The van der Waals surface area contributed by atoms with Gasteiger partial charge in [-0.05, 0) is 66.1 Å². The molecule has 5 nitrogen and oxygen atoms in total. The van der Waals surface area contributed by atoms with Gasteiger partial charge in [-0.2, -0.15) is 0 Å². The van der Waals surface area contributed by atoms with Gasteiger partial charge in [-0.1, -0.05) is 55.8 Å². The van der Waals surface area contributed by atoms with Crippen molar-refractivity contribution in [3.63, 3.8) is 0 Å².